The van der Waals surface area contributed by atoms with Gasteiger partial charge in [-0.15, -0.1) is 0 Å². The van der Waals surface area contributed by atoms with Crippen molar-refractivity contribution in [2.75, 3.05) is 19.6 Å². The highest BCUT2D eigenvalue weighted by atomic mass is 19.1. The van der Waals surface area contributed by atoms with Crippen molar-refractivity contribution < 1.29 is 23.5 Å². The molecule has 1 aromatic rings. The van der Waals surface area contributed by atoms with E-state index < -0.39 is 11.7 Å². The van der Waals surface area contributed by atoms with Crippen molar-refractivity contribution >= 4 is 17.9 Å². The Morgan fingerprint density at radius 1 is 1.17 bits per heavy atom. The molecule has 0 aliphatic carbocycles. The van der Waals surface area contributed by atoms with Crippen molar-refractivity contribution in [1.29, 1.82) is 0 Å². The standard InChI is InChI=1S/C21H30FN3O4/c1-21(2,3)29-20(28)23-14-18(26)24-16-10-12-25(13-11-16)19(27)9-8-15-6-4-5-7-17(15)22/h4-7,16H,8-14H2,1-3H3,(H,23,28)(H,24,26). The zero-order valence-corrected chi connectivity index (χ0v) is 17.3. The number of aryl methyl sites for hydroxylation is 1. The molecule has 0 bridgehead atoms. The second kappa shape index (κ2) is 10.2. The number of likely N-dealkylation sites (tertiary alicyclic amines) is 1. The number of amides is 3. The molecule has 7 nitrogen and oxygen atoms in total. The lowest BCUT2D eigenvalue weighted by Crippen LogP contribution is -2.49. The molecule has 0 radical (unpaired) electrons. The van der Waals surface area contributed by atoms with E-state index in [1.54, 1.807) is 43.9 Å². The number of hydrogen-bond acceptors (Lipinski definition) is 4. The van der Waals surface area contributed by atoms with Crippen LogP contribution in [-0.4, -0.2) is 54.1 Å². The molecule has 1 fully saturated rings. The Labute approximate surface area is 171 Å². The normalized spacial score (nSPS) is 15.0. The highest BCUT2D eigenvalue weighted by molar-refractivity contribution is 5.82. The van der Waals surface area contributed by atoms with Gasteiger partial charge in [0.2, 0.25) is 11.8 Å². The lowest BCUT2D eigenvalue weighted by molar-refractivity contribution is -0.132. The Bertz CT molecular complexity index is 725. The van der Waals surface area contributed by atoms with Crippen LogP contribution in [0.15, 0.2) is 24.3 Å². The fraction of sp³-hybridized carbons (Fsp3) is 0.571. The Hall–Kier alpha value is -2.64. The van der Waals surface area contributed by atoms with Crippen LogP contribution in [-0.2, 0) is 20.7 Å². The molecule has 0 aromatic heterocycles. The van der Waals surface area contributed by atoms with Gasteiger partial charge in [0.15, 0.2) is 0 Å². The average molecular weight is 407 g/mol. The van der Waals surface area contributed by atoms with Gasteiger partial charge in [-0.25, -0.2) is 9.18 Å². The minimum absolute atomic E-state index is 0.00961. The summed E-state index contributed by atoms with van der Waals surface area (Å²) in [6.45, 7) is 6.17. The highest BCUT2D eigenvalue weighted by Gasteiger charge is 2.24. The molecular weight excluding hydrogens is 377 g/mol. The fourth-order valence-corrected chi connectivity index (χ4v) is 3.12. The van der Waals surface area contributed by atoms with Crippen LogP contribution < -0.4 is 10.6 Å². The maximum absolute atomic E-state index is 13.6. The Kier molecular flexibility index (Phi) is 7.99. The number of nitrogens with one attached hydrogen (secondary N) is 2. The topological polar surface area (TPSA) is 87.7 Å². The summed E-state index contributed by atoms with van der Waals surface area (Å²) in [5, 5.41) is 5.29. The smallest absolute Gasteiger partial charge is 0.408 e. The fourth-order valence-electron chi connectivity index (χ4n) is 3.12. The van der Waals surface area contributed by atoms with Gasteiger partial charge in [0.05, 0.1) is 0 Å². The monoisotopic (exact) mass is 407 g/mol. The Morgan fingerprint density at radius 2 is 1.83 bits per heavy atom. The molecule has 0 unspecified atom stereocenters. The van der Waals surface area contributed by atoms with E-state index in [1.807, 2.05) is 0 Å². The molecule has 29 heavy (non-hydrogen) atoms. The third kappa shape index (κ3) is 8.09. The molecule has 8 heteroatoms. The SMILES string of the molecule is CC(C)(C)OC(=O)NCC(=O)NC1CCN(C(=O)CCc2ccccc2F)CC1. The van der Waals surface area contributed by atoms with Crippen LogP contribution in [0.3, 0.4) is 0 Å². The van der Waals surface area contributed by atoms with Gasteiger partial charge in [-0.3, -0.25) is 9.59 Å². The molecule has 2 rings (SSSR count). The molecule has 160 valence electrons. The van der Waals surface area contributed by atoms with Crippen molar-refractivity contribution in [2.45, 2.75) is 58.1 Å². The number of carbonyl (C=O) groups is 3. The quantitative estimate of drug-likeness (QED) is 0.758. The van der Waals surface area contributed by atoms with Crippen LogP contribution >= 0.6 is 0 Å². The number of rotatable bonds is 6. The zero-order chi connectivity index (χ0) is 21.4. The van der Waals surface area contributed by atoms with Gasteiger partial charge in [-0.2, -0.15) is 0 Å². The summed E-state index contributed by atoms with van der Waals surface area (Å²) in [7, 11) is 0. The minimum atomic E-state index is -0.636. The van der Waals surface area contributed by atoms with Crippen molar-refractivity contribution in [3.63, 3.8) is 0 Å². The number of ether oxygens (including phenoxy) is 1. The summed E-state index contributed by atoms with van der Waals surface area (Å²) < 4.78 is 18.7. The van der Waals surface area contributed by atoms with E-state index in [-0.39, 0.29) is 36.6 Å². The summed E-state index contributed by atoms with van der Waals surface area (Å²) in [5.41, 5.74) is -0.0767. The minimum Gasteiger partial charge on any atom is -0.444 e. The molecule has 1 saturated heterocycles. The van der Waals surface area contributed by atoms with Crippen LogP contribution in [0.25, 0.3) is 0 Å². The lowest BCUT2D eigenvalue weighted by Gasteiger charge is -2.32. The molecule has 1 aliphatic rings. The van der Waals surface area contributed by atoms with E-state index in [2.05, 4.69) is 10.6 Å². The summed E-state index contributed by atoms with van der Waals surface area (Å²) in [6.07, 6.45) is 1.28. The first-order valence-electron chi connectivity index (χ1n) is 9.91. The van der Waals surface area contributed by atoms with Gasteiger partial charge in [0, 0.05) is 25.6 Å². The number of halogens is 1. The Morgan fingerprint density at radius 3 is 2.45 bits per heavy atom. The van der Waals surface area contributed by atoms with Crippen LogP contribution in [0, 0.1) is 5.82 Å². The third-order valence-electron chi connectivity index (χ3n) is 4.57. The molecule has 0 spiro atoms. The Balaban J connectivity index is 1.66. The van der Waals surface area contributed by atoms with Gasteiger partial charge >= 0.3 is 6.09 Å². The predicted molar refractivity (Wildman–Crippen MR) is 107 cm³/mol. The number of nitrogens with zero attached hydrogens (tertiary/aromatic N) is 1. The van der Waals surface area contributed by atoms with Crippen molar-refractivity contribution in [2.24, 2.45) is 0 Å². The summed E-state index contributed by atoms with van der Waals surface area (Å²) in [4.78, 5) is 37.7. The number of piperidine rings is 1. The average Bonchev–Trinajstić information content (AvgIpc) is 2.65. The largest absolute Gasteiger partial charge is 0.444 e. The van der Waals surface area contributed by atoms with E-state index >= 15 is 0 Å². The number of hydrogen-bond donors (Lipinski definition) is 2. The first-order chi connectivity index (χ1) is 13.6. The second-order valence-electron chi connectivity index (χ2n) is 8.17. The maximum Gasteiger partial charge on any atom is 0.408 e. The van der Waals surface area contributed by atoms with Crippen LogP contribution in [0.5, 0.6) is 0 Å². The molecule has 1 aliphatic heterocycles. The van der Waals surface area contributed by atoms with Gasteiger partial charge in [0.1, 0.15) is 18.0 Å². The lowest BCUT2D eigenvalue weighted by atomic mass is 10.0. The van der Waals surface area contributed by atoms with E-state index in [4.69, 9.17) is 4.74 Å². The van der Waals surface area contributed by atoms with E-state index in [9.17, 15) is 18.8 Å². The molecule has 0 atom stereocenters. The van der Waals surface area contributed by atoms with Gasteiger partial charge < -0.3 is 20.3 Å². The van der Waals surface area contributed by atoms with E-state index in [0.29, 0.717) is 37.9 Å². The number of carbonyl (C=O) groups excluding carboxylic acids is 3. The molecule has 2 N–H and O–H groups in total. The summed E-state index contributed by atoms with van der Waals surface area (Å²) in [6, 6.07) is 6.43. The first kappa shape index (κ1) is 22.6. The first-order valence-corrected chi connectivity index (χ1v) is 9.91. The predicted octanol–water partition coefficient (Wildman–Crippen LogP) is 2.39. The molecule has 3 amide bonds. The van der Waals surface area contributed by atoms with Crippen molar-refractivity contribution in [3.8, 4) is 0 Å². The van der Waals surface area contributed by atoms with E-state index in [1.165, 1.54) is 6.07 Å². The second-order valence-corrected chi connectivity index (χ2v) is 8.17. The molecular formula is C21H30FN3O4. The van der Waals surface area contributed by atoms with Gasteiger partial charge in [0.25, 0.3) is 0 Å². The van der Waals surface area contributed by atoms with E-state index in [0.717, 1.165) is 0 Å². The third-order valence-corrected chi connectivity index (χ3v) is 4.57. The van der Waals surface area contributed by atoms with Crippen LogP contribution in [0.2, 0.25) is 0 Å². The number of benzene rings is 1. The summed E-state index contributed by atoms with van der Waals surface area (Å²) >= 11 is 0. The zero-order valence-electron chi connectivity index (χ0n) is 17.3. The van der Waals surface area contributed by atoms with Crippen molar-refractivity contribution in [1.82, 2.24) is 15.5 Å². The maximum atomic E-state index is 13.6. The highest BCUT2D eigenvalue weighted by Crippen LogP contribution is 2.14. The molecule has 1 heterocycles. The number of alkyl carbamates (subject to hydrolysis) is 1. The van der Waals surface area contributed by atoms with Crippen LogP contribution in [0.1, 0.15) is 45.6 Å². The van der Waals surface area contributed by atoms with Gasteiger partial charge in [-0.05, 0) is 51.7 Å². The molecule has 1 aromatic carbocycles. The van der Waals surface area contributed by atoms with Crippen molar-refractivity contribution in [3.05, 3.63) is 35.6 Å². The van der Waals surface area contributed by atoms with Crippen LogP contribution in [0.4, 0.5) is 9.18 Å². The summed E-state index contributed by atoms with van der Waals surface area (Å²) in [5.74, 6) is -0.591. The van der Waals surface area contributed by atoms with Gasteiger partial charge in [-0.1, -0.05) is 18.2 Å². The molecule has 0 saturated carbocycles.